The van der Waals surface area contributed by atoms with Gasteiger partial charge in [0.2, 0.25) is 5.65 Å². The number of hydrogen-bond acceptors (Lipinski definition) is 5. The first-order valence-electron chi connectivity index (χ1n) is 7.55. The van der Waals surface area contributed by atoms with Gasteiger partial charge in [-0.25, -0.2) is 0 Å². The van der Waals surface area contributed by atoms with E-state index in [0.717, 1.165) is 5.56 Å². The topological polar surface area (TPSA) is 64.7 Å². The van der Waals surface area contributed by atoms with Gasteiger partial charge < -0.3 is 9.30 Å². The van der Waals surface area contributed by atoms with Crippen molar-refractivity contribution in [2.45, 2.75) is 19.7 Å². The van der Waals surface area contributed by atoms with E-state index in [2.05, 4.69) is 14.9 Å². The number of halogens is 2. The second-order valence-electron chi connectivity index (χ2n) is 5.72. The standard InChI is InChI=1S/C16H17F2N5O2/c1-21(9-11-4-3-5-12(8-11)25-16(17)18)10-13-19-20-14-15(24)22(2)6-7-23(13)14/h3-8,16H,9-10H2,1-2H3. The molecule has 0 saturated heterocycles. The lowest BCUT2D eigenvalue weighted by Crippen LogP contribution is -2.21. The van der Waals surface area contributed by atoms with Gasteiger partial charge in [-0.1, -0.05) is 12.1 Å². The van der Waals surface area contributed by atoms with Crippen molar-refractivity contribution in [2.75, 3.05) is 7.05 Å². The van der Waals surface area contributed by atoms with Crippen LogP contribution in [-0.2, 0) is 20.1 Å². The van der Waals surface area contributed by atoms with Crippen LogP contribution in [0.25, 0.3) is 5.65 Å². The lowest BCUT2D eigenvalue weighted by atomic mass is 10.2. The zero-order valence-electron chi connectivity index (χ0n) is 13.8. The molecule has 0 unspecified atom stereocenters. The molecule has 3 aromatic rings. The Kier molecular flexibility index (Phi) is 4.75. The van der Waals surface area contributed by atoms with Gasteiger partial charge in [-0.2, -0.15) is 8.78 Å². The summed E-state index contributed by atoms with van der Waals surface area (Å²) < 4.78 is 32.1. The van der Waals surface area contributed by atoms with Crippen LogP contribution in [0.3, 0.4) is 0 Å². The SMILES string of the molecule is CN(Cc1cccc(OC(F)F)c1)Cc1nnc2c(=O)n(C)ccn12. The predicted molar refractivity (Wildman–Crippen MR) is 86.5 cm³/mol. The van der Waals surface area contributed by atoms with Gasteiger partial charge >= 0.3 is 6.61 Å². The van der Waals surface area contributed by atoms with E-state index in [1.807, 2.05) is 18.0 Å². The summed E-state index contributed by atoms with van der Waals surface area (Å²) in [7, 11) is 3.51. The van der Waals surface area contributed by atoms with Crippen LogP contribution in [0.1, 0.15) is 11.4 Å². The minimum atomic E-state index is -2.85. The molecule has 0 aliphatic heterocycles. The molecule has 25 heavy (non-hydrogen) atoms. The summed E-state index contributed by atoms with van der Waals surface area (Å²) in [5, 5.41) is 8.01. The van der Waals surface area contributed by atoms with Gasteiger partial charge in [0.05, 0.1) is 6.54 Å². The van der Waals surface area contributed by atoms with Crippen LogP contribution in [0, 0.1) is 0 Å². The third-order valence-corrected chi connectivity index (χ3v) is 3.70. The molecule has 0 spiro atoms. The van der Waals surface area contributed by atoms with Gasteiger partial charge in [-0.15, -0.1) is 10.2 Å². The fourth-order valence-corrected chi connectivity index (χ4v) is 2.56. The van der Waals surface area contributed by atoms with Crippen LogP contribution >= 0.6 is 0 Å². The molecule has 1 aromatic carbocycles. The van der Waals surface area contributed by atoms with E-state index in [-0.39, 0.29) is 17.0 Å². The first-order valence-corrected chi connectivity index (χ1v) is 7.55. The smallest absolute Gasteiger partial charge is 0.387 e. The molecule has 7 nitrogen and oxygen atoms in total. The van der Waals surface area contributed by atoms with E-state index in [9.17, 15) is 13.6 Å². The van der Waals surface area contributed by atoms with Crippen molar-refractivity contribution in [1.29, 1.82) is 0 Å². The molecule has 9 heteroatoms. The average Bonchev–Trinajstić information content (AvgIpc) is 2.94. The van der Waals surface area contributed by atoms with Crippen LogP contribution in [0.5, 0.6) is 5.75 Å². The van der Waals surface area contributed by atoms with E-state index in [1.54, 1.807) is 36.0 Å². The van der Waals surface area contributed by atoms with Crippen LogP contribution in [0.4, 0.5) is 8.78 Å². The third-order valence-electron chi connectivity index (χ3n) is 3.70. The quantitative estimate of drug-likeness (QED) is 0.677. The van der Waals surface area contributed by atoms with Crippen LogP contribution in [0.15, 0.2) is 41.5 Å². The first kappa shape index (κ1) is 17.0. The fourth-order valence-electron chi connectivity index (χ4n) is 2.56. The van der Waals surface area contributed by atoms with Crippen LogP contribution in [-0.4, -0.2) is 37.7 Å². The van der Waals surface area contributed by atoms with Gasteiger partial charge in [-0.3, -0.25) is 14.1 Å². The molecule has 0 aliphatic carbocycles. The Morgan fingerprint density at radius 3 is 2.80 bits per heavy atom. The Labute approximate surface area is 142 Å². The number of alkyl halides is 2. The number of ether oxygens (including phenoxy) is 1. The molecule has 0 aliphatic rings. The highest BCUT2D eigenvalue weighted by Crippen LogP contribution is 2.17. The van der Waals surface area contributed by atoms with Crippen molar-refractivity contribution in [2.24, 2.45) is 7.05 Å². The Morgan fingerprint density at radius 2 is 2.04 bits per heavy atom. The number of rotatable bonds is 6. The summed E-state index contributed by atoms with van der Waals surface area (Å²) in [5.41, 5.74) is 0.867. The Balaban J connectivity index is 1.74. The van der Waals surface area contributed by atoms with Crippen LogP contribution < -0.4 is 10.3 Å². The van der Waals surface area contributed by atoms with Gasteiger partial charge in [0.15, 0.2) is 5.82 Å². The van der Waals surface area contributed by atoms with Crippen molar-refractivity contribution in [3.63, 3.8) is 0 Å². The van der Waals surface area contributed by atoms with Crippen molar-refractivity contribution in [3.8, 4) is 5.75 Å². The molecule has 2 aromatic heterocycles. The summed E-state index contributed by atoms with van der Waals surface area (Å²) in [5.74, 6) is 0.743. The van der Waals surface area contributed by atoms with Crippen LogP contribution in [0.2, 0.25) is 0 Å². The summed E-state index contributed by atoms with van der Waals surface area (Å²) >= 11 is 0. The number of hydrogen-bond donors (Lipinski definition) is 0. The molecule has 0 atom stereocenters. The largest absolute Gasteiger partial charge is 0.435 e. The second-order valence-corrected chi connectivity index (χ2v) is 5.72. The third kappa shape index (κ3) is 3.82. The number of aromatic nitrogens is 4. The Hall–Kier alpha value is -2.81. The van der Waals surface area contributed by atoms with Crippen molar-refractivity contribution in [1.82, 2.24) is 24.1 Å². The van der Waals surface area contributed by atoms with Gasteiger partial charge in [0.1, 0.15) is 5.75 Å². The minimum Gasteiger partial charge on any atom is -0.435 e. The lowest BCUT2D eigenvalue weighted by molar-refractivity contribution is -0.0499. The van der Waals surface area contributed by atoms with Gasteiger partial charge in [0, 0.05) is 26.0 Å². The maximum atomic E-state index is 12.3. The summed E-state index contributed by atoms with van der Waals surface area (Å²) in [6.45, 7) is -1.91. The molecular weight excluding hydrogens is 332 g/mol. The van der Waals surface area contributed by atoms with Gasteiger partial charge in [-0.05, 0) is 24.7 Å². The van der Waals surface area contributed by atoms with Gasteiger partial charge in [0.25, 0.3) is 5.56 Å². The number of nitrogens with zero attached hydrogens (tertiary/aromatic N) is 5. The van der Waals surface area contributed by atoms with E-state index < -0.39 is 6.61 Å². The molecule has 0 bridgehead atoms. The Morgan fingerprint density at radius 1 is 1.24 bits per heavy atom. The number of fused-ring (bicyclic) bond motifs is 1. The molecule has 0 amide bonds. The number of benzene rings is 1. The minimum absolute atomic E-state index is 0.123. The maximum absolute atomic E-state index is 12.3. The fraction of sp³-hybridized carbons (Fsp3) is 0.312. The lowest BCUT2D eigenvalue weighted by Gasteiger charge is -2.16. The molecule has 0 radical (unpaired) electrons. The van der Waals surface area contributed by atoms with E-state index in [0.29, 0.717) is 18.9 Å². The molecule has 2 heterocycles. The molecule has 0 N–H and O–H groups in total. The molecule has 132 valence electrons. The highest BCUT2D eigenvalue weighted by molar-refractivity contribution is 5.34. The van der Waals surface area contributed by atoms with Crippen molar-refractivity contribution in [3.05, 3.63) is 58.4 Å². The monoisotopic (exact) mass is 349 g/mol. The van der Waals surface area contributed by atoms with Crippen molar-refractivity contribution < 1.29 is 13.5 Å². The second kappa shape index (κ2) is 6.98. The number of aryl methyl sites for hydroxylation is 1. The molecular formula is C16H17F2N5O2. The zero-order chi connectivity index (χ0) is 18.0. The molecule has 0 saturated carbocycles. The molecule has 3 rings (SSSR count). The highest BCUT2D eigenvalue weighted by Gasteiger charge is 2.12. The Bertz CT molecular complexity index is 938. The summed E-state index contributed by atoms with van der Waals surface area (Å²) in [6, 6.07) is 6.54. The van der Waals surface area contributed by atoms with E-state index in [4.69, 9.17) is 0 Å². The average molecular weight is 349 g/mol. The zero-order valence-corrected chi connectivity index (χ0v) is 13.8. The normalized spacial score (nSPS) is 11.6. The van der Waals surface area contributed by atoms with E-state index in [1.165, 1.54) is 10.6 Å². The summed E-state index contributed by atoms with van der Waals surface area (Å²) in [6.07, 6.45) is 3.38. The maximum Gasteiger partial charge on any atom is 0.387 e. The molecule has 0 fully saturated rings. The first-order chi connectivity index (χ1) is 11.9. The van der Waals surface area contributed by atoms with Crippen molar-refractivity contribution >= 4 is 5.65 Å². The van der Waals surface area contributed by atoms with E-state index >= 15 is 0 Å². The highest BCUT2D eigenvalue weighted by atomic mass is 19.3. The predicted octanol–water partition coefficient (Wildman–Crippen LogP) is 1.66. The summed E-state index contributed by atoms with van der Waals surface area (Å²) in [4.78, 5) is 13.9.